The van der Waals surface area contributed by atoms with E-state index in [9.17, 15) is 17.2 Å². The first-order chi connectivity index (χ1) is 9.44. The maximum Gasteiger partial charge on any atom is 0.243 e. The molecule has 0 aliphatic carbocycles. The molecule has 4 nitrogen and oxygen atoms in total. The normalized spacial score (nSPS) is 11.8. The molecule has 2 aromatic rings. The summed E-state index contributed by atoms with van der Waals surface area (Å²) in [5.41, 5.74) is -0.0135. The molecular formula is C12H11F2NO3S2. The summed E-state index contributed by atoms with van der Waals surface area (Å²) in [6.07, 6.45) is 0. The highest BCUT2D eigenvalue weighted by Crippen LogP contribution is 2.20. The molecule has 0 unspecified atom stereocenters. The Kier molecular flexibility index (Phi) is 4.48. The fraction of sp³-hybridized carbons (Fsp3) is 0.167. The lowest BCUT2D eigenvalue weighted by molar-refractivity contribution is 0.280. The monoisotopic (exact) mass is 319 g/mol. The van der Waals surface area contributed by atoms with E-state index in [1.165, 1.54) is 11.3 Å². The molecule has 108 valence electrons. The lowest BCUT2D eigenvalue weighted by Crippen LogP contribution is -2.24. The van der Waals surface area contributed by atoms with Crippen molar-refractivity contribution in [3.63, 3.8) is 0 Å². The molecule has 0 amide bonds. The Labute approximate surface area is 118 Å². The summed E-state index contributed by atoms with van der Waals surface area (Å²) in [4.78, 5) is -0.0640. The highest BCUT2D eigenvalue weighted by Gasteiger charge is 2.22. The minimum absolute atomic E-state index is 0.00951. The second-order valence-electron chi connectivity index (χ2n) is 3.95. The van der Waals surface area contributed by atoms with E-state index in [2.05, 4.69) is 4.72 Å². The third-order valence-electron chi connectivity index (χ3n) is 2.54. The van der Waals surface area contributed by atoms with Crippen molar-refractivity contribution >= 4 is 21.4 Å². The van der Waals surface area contributed by atoms with Crippen molar-refractivity contribution in [2.24, 2.45) is 0 Å². The fourth-order valence-corrected chi connectivity index (χ4v) is 3.44. The number of aliphatic hydroxyl groups excluding tert-OH is 1. The lowest BCUT2D eigenvalue weighted by atomic mass is 10.2. The van der Waals surface area contributed by atoms with E-state index in [-0.39, 0.29) is 12.1 Å². The molecule has 0 bridgehead atoms. The number of sulfonamides is 1. The van der Waals surface area contributed by atoms with E-state index in [1.54, 1.807) is 17.5 Å². The zero-order chi connectivity index (χ0) is 14.8. The summed E-state index contributed by atoms with van der Waals surface area (Å²) >= 11 is 1.34. The van der Waals surface area contributed by atoms with Gasteiger partial charge in [0.2, 0.25) is 10.0 Å². The molecule has 0 aliphatic heterocycles. The SMILES string of the molecule is O=S(=O)(NCc1cccs1)c1cc(CO)cc(F)c1F. The number of thiophene rings is 1. The molecule has 0 fully saturated rings. The Balaban J connectivity index is 2.31. The van der Waals surface area contributed by atoms with Gasteiger partial charge in [-0.1, -0.05) is 6.07 Å². The van der Waals surface area contributed by atoms with Crippen molar-refractivity contribution in [1.29, 1.82) is 0 Å². The molecule has 0 saturated heterocycles. The van der Waals surface area contributed by atoms with Crippen LogP contribution in [0.4, 0.5) is 8.78 Å². The third kappa shape index (κ3) is 3.21. The van der Waals surface area contributed by atoms with Gasteiger partial charge in [-0.2, -0.15) is 0 Å². The molecule has 0 saturated carbocycles. The van der Waals surface area contributed by atoms with Crippen LogP contribution in [0.5, 0.6) is 0 Å². The predicted molar refractivity (Wildman–Crippen MR) is 70.6 cm³/mol. The van der Waals surface area contributed by atoms with Gasteiger partial charge < -0.3 is 5.11 Å². The smallest absolute Gasteiger partial charge is 0.243 e. The van der Waals surface area contributed by atoms with E-state index in [0.29, 0.717) is 0 Å². The summed E-state index contributed by atoms with van der Waals surface area (Å²) in [6.45, 7) is -0.588. The second-order valence-corrected chi connectivity index (χ2v) is 6.72. The van der Waals surface area contributed by atoms with Gasteiger partial charge >= 0.3 is 0 Å². The van der Waals surface area contributed by atoms with Crippen LogP contribution in [0.3, 0.4) is 0 Å². The van der Waals surface area contributed by atoms with Gasteiger partial charge in [0.15, 0.2) is 11.6 Å². The summed E-state index contributed by atoms with van der Waals surface area (Å²) < 4.78 is 53.0. The molecular weight excluding hydrogens is 308 g/mol. The standard InChI is InChI=1S/C12H11F2NO3S2/c13-10-4-8(7-16)5-11(12(10)14)20(17,18)15-6-9-2-1-3-19-9/h1-5,15-16H,6-7H2. The molecule has 0 atom stereocenters. The van der Waals surface area contributed by atoms with Crippen LogP contribution in [0.25, 0.3) is 0 Å². The van der Waals surface area contributed by atoms with Gasteiger partial charge in [0.25, 0.3) is 0 Å². The maximum atomic E-state index is 13.6. The quantitative estimate of drug-likeness (QED) is 0.886. The zero-order valence-electron chi connectivity index (χ0n) is 10.1. The minimum atomic E-state index is -4.19. The average Bonchev–Trinajstić information content (AvgIpc) is 2.92. The summed E-state index contributed by atoms with van der Waals surface area (Å²) in [7, 11) is -4.19. The Hall–Kier alpha value is -1.35. The van der Waals surface area contributed by atoms with Gasteiger partial charge in [0, 0.05) is 11.4 Å². The predicted octanol–water partition coefficient (Wildman–Crippen LogP) is 2.00. The first-order valence-corrected chi connectivity index (χ1v) is 7.91. The van der Waals surface area contributed by atoms with Crippen molar-refractivity contribution in [3.8, 4) is 0 Å². The first kappa shape index (κ1) is 15.0. The highest BCUT2D eigenvalue weighted by molar-refractivity contribution is 7.89. The molecule has 0 radical (unpaired) electrons. The number of aliphatic hydroxyl groups is 1. The summed E-state index contributed by atoms with van der Waals surface area (Å²) in [5, 5.41) is 10.7. The van der Waals surface area contributed by atoms with Crippen LogP contribution in [-0.2, 0) is 23.2 Å². The second kappa shape index (κ2) is 5.96. The van der Waals surface area contributed by atoms with E-state index in [1.807, 2.05) is 0 Å². The number of benzene rings is 1. The molecule has 0 aliphatic rings. The van der Waals surface area contributed by atoms with E-state index < -0.39 is 33.2 Å². The van der Waals surface area contributed by atoms with Crippen molar-refractivity contribution in [1.82, 2.24) is 4.72 Å². The molecule has 2 N–H and O–H groups in total. The van der Waals surface area contributed by atoms with Gasteiger partial charge in [0.1, 0.15) is 4.90 Å². The Morgan fingerprint density at radius 3 is 2.65 bits per heavy atom. The lowest BCUT2D eigenvalue weighted by Gasteiger charge is -2.09. The Morgan fingerprint density at radius 1 is 1.30 bits per heavy atom. The minimum Gasteiger partial charge on any atom is -0.392 e. The first-order valence-electron chi connectivity index (χ1n) is 5.55. The number of halogens is 2. The molecule has 1 heterocycles. The summed E-state index contributed by atoms with van der Waals surface area (Å²) in [6, 6.07) is 5.14. The molecule has 20 heavy (non-hydrogen) atoms. The van der Waals surface area contributed by atoms with Gasteiger partial charge in [-0.05, 0) is 29.1 Å². The van der Waals surface area contributed by atoms with Gasteiger partial charge in [-0.25, -0.2) is 21.9 Å². The number of rotatable bonds is 5. The van der Waals surface area contributed by atoms with Gasteiger partial charge in [-0.15, -0.1) is 11.3 Å². The number of hydrogen-bond acceptors (Lipinski definition) is 4. The van der Waals surface area contributed by atoms with Crippen LogP contribution in [0.15, 0.2) is 34.5 Å². The van der Waals surface area contributed by atoms with Crippen LogP contribution in [-0.4, -0.2) is 13.5 Å². The van der Waals surface area contributed by atoms with E-state index >= 15 is 0 Å². The Morgan fingerprint density at radius 2 is 2.05 bits per heavy atom. The van der Waals surface area contributed by atoms with Crippen LogP contribution in [0.2, 0.25) is 0 Å². The van der Waals surface area contributed by atoms with Crippen molar-refractivity contribution in [2.75, 3.05) is 0 Å². The van der Waals surface area contributed by atoms with Crippen LogP contribution < -0.4 is 4.72 Å². The summed E-state index contributed by atoms with van der Waals surface area (Å²) in [5.74, 6) is -2.77. The van der Waals surface area contributed by atoms with E-state index in [0.717, 1.165) is 17.0 Å². The number of nitrogens with one attached hydrogen (secondary N) is 1. The largest absolute Gasteiger partial charge is 0.392 e. The molecule has 8 heteroatoms. The fourth-order valence-electron chi connectivity index (χ4n) is 1.56. The third-order valence-corrected chi connectivity index (χ3v) is 4.82. The molecule has 1 aromatic carbocycles. The molecule has 1 aromatic heterocycles. The van der Waals surface area contributed by atoms with Crippen LogP contribution in [0.1, 0.15) is 10.4 Å². The van der Waals surface area contributed by atoms with Crippen LogP contribution >= 0.6 is 11.3 Å². The number of hydrogen-bond donors (Lipinski definition) is 2. The van der Waals surface area contributed by atoms with Crippen molar-refractivity contribution < 1.29 is 22.3 Å². The highest BCUT2D eigenvalue weighted by atomic mass is 32.2. The van der Waals surface area contributed by atoms with Crippen molar-refractivity contribution in [3.05, 3.63) is 51.7 Å². The average molecular weight is 319 g/mol. The van der Waals surface area contributed by atoms with Crippen LogP contribution in [0, 0.1) is 11.6 Å². The molecule has 0 spiro atoms. The molecule has 2 rings (SSSR count). The van der Waals surface area contributed by atoms with Gasteiger partial charge in [0.05, 0.1) is 6.61 Å². The Bertz CT molecular complexity index is 700. The van der Waals surface area contributed by atoms with E-state index in [4.69, 9.17) is 5.11 Å². The van der Waals surface area contributed by atoms with Crippen molar-refractivity contribution in [2.45, 2.75) is 18.0 Å². The zero-order valence-corrected chi connectivity index (χ0v) is 11.8. The topological polar surface area (TPSA) is 66.4 Å². The maximum absolute atomic E-state index is 13.6. The van der Waals surface area contributed by atoms with Gasteiger partial charge in [-0.3, -0.25) is 0 Å².